The highest BCUT2D eigenvalue weighted by Crippen LogP contribution is 2.48. The molecule has 8 nitrogen and oxygen atoms in total. The Morgan fingerprint density at radius 3 is 2.47 bits per heavy atom. The predicted octanol–water partition coefficient (Wildman–Crippen LogP) is 4.56. The van der Waals surface area contributed by atoms with Gasteiger partial charge < -0.3 is 19.3 Å². The van der Waals surface area contributed by atoms with E-state index in [-0.39, 0.29) is 43.2 Å². The number of halogens is 3. The summed E-state index contributed by atoms with van der Waals surface area (Å²) < 4.78 is 52.5. The molecular weight excluding hydrogens is 523 g/mol. The molecule has 3 aliphatic rings. The van der Waals surface area contributed by atoms with Gasteiger partial charge in [-0.15, -0.1) is 0 Å². The van der Waals surface area contributed by atoms with Gasteiger partial charge in [-0.2, -0.15) is 13.2 Å². The number of ether oxygens (including phenoxy) is 2. The van der Waals surface area contributed by atoms with Gasteiger partial charge in [0.1, 0.15) is 0 Å². The Hall–Kier alpha value is -3.28. The van der Waals surface area contributed by atoms with E-state index < -0.39 is 35.4 Å². The second kappa shape index (κ2) is 11.6. The number of hydrogen-bond acceptors (Lipinski definition) is 8. The molecule has 1 aromatic carbocycles. The third-order valence-electron chi connectivity index (χ3n) is 6.42. The quantitative estimate of drug-likeness (QED) is 0.459. The fraction of sp³-hybridized carbons (Fsp3) is 0.462. The standard InChI is InChI=1S/C26H28F3N3O5S/c1-3-36-23(34)17-11-8-12-31(14-17)19(33)13-18-15-38-25-30-22(26(27,28)29)20(24(35)37-4-2)21(32(18)25)16-9-6-5-7-10-16/h5-7,9-10,15,17,21H,3-4,8,11-14H2,1-2H3/t17-,21+/m1/s1. The topological polar surface area (TPSA) is 88.5 Å². The van der Waals surface area contributed by atoms with E-state index in [0.29, 0.717) is 30.6 Å². The number of esters is 2. The molecule has 0 radical (unpaired) electrons. The first-order valence-corrected chi connectivity index (χ1v) is 13.2. The molecule has 204 valence electrons. The van der Waals surface area contributed by atoms with Gasteiger partial charge in [-0.3, -0.25) is 9.59 Å². The van der Waals surface area contributed by atoms with Crippen molar-refractivity contribution in [3.8, 4) is 0 Å². The van der Waals surface area contributed by atoms with Crippen molar-refractivity contribution in [3.05, 3.63) is 58.3 Å². The van der Waals surface area contributed by atoms with Gasteiger partial charge in [0, 0.05) is 18.8 Å². The van der Waals surface area contributed by atoms with E-state index in [1.165, 1.54) is 11.8 Å². The Kier molecular flexibility index (Phi) is 8.49. The third kappa shape index (κ3) is 5.74. The van der Waals surface area contributed by atoms with E-state index in [9.17, 15) is 27.6 Å². The molecule has 3 heterocycles. The van der Waals surface area contributed by atoms with E-state index >= 15 is 0 Å². The van der Waals surface area contributed by atoms with Crippen LogP contribution in [-0.4, -0.2) is 65.3 Å². The molecule has 1 amide bonds. The molecule has 0 saturated carbocycles. The number of benzene rings is 1. The van der Waals surface area contributed by atoms with Crippen molar-refractivity contribution in [2.75, 3.05) is 26.3 Å². The number of aliphatic imine (C=N–C) groups is 1. The van der Waals surface area contributed by atoms with Crippen molar-refractivity contribution in [1.82, 2.24) is 9.80 Å². The van der Waals surface area contributed by atoms with Gasteiger partial charge in [0.15, 0.2) is 10.9 Å². The SMILES string of the molecule is CCOC(=O)C1=C(C(F)(F)F)N=C2SC=C(CC(=O)N3CCC[C@@H](C(=O)OCC)C3)N2[C@H]1c1ccccc1. The first-order chi connectivity index (χ1) is 18.2. The lowest BCUT2D eigenvalue weighted by molar-refractivity contribution is -0.151. The molecule has 0 bridgehead atoms. The molecule has 38 heavy (non-hydrogen) atoms. The second-order valence-electron chi connectivity index (χ2n) is 8.89. The number of amides is 1. The van der Waals surface area contributed by atoms with Crippen LogP contribution >= 0.6 is 11.8 Å². The fourth-order valence-electron chi connectivity index (χ4n) is 4.76. The van der Waals surface area contributed by atoms with Gasteiger partial charge in [0.05, 0.1) is 37.2 Å². The lowest BCUT2D eigenvalue weighted by Crippen LogP contribution is -2.44. The van der Waals surface area contributed by atoms with Gasteiger partial charge in [0.25, 0.3) is 0 Å². The fourth-order valence-corrected chi connectivity index (χ4v) is 5.68. The van der Waals surface area contributed by atoms with Gasteiger partial charge in [-0.25, -0.2) is 9.79 Å². The summed E-state index contributed by atoms with van der Waals surface area (Å²) in [5.74, 6) is -2.16. The predicted molar refractivity (Wildman–Crippen MR) is 134 cm³/mol. The smallest absolute Gasteiger partial charge is 0.434 e. The molecular formula is C26H28F3N3O5S. The second-order valence-corrected chi connectivity index (χ2v) is 9.73. The maximum atomic E-state index is 14.1. The van der Waals surface area contributed by atoms with E-state index in [0.717, 1.165) is 11.8 Å². The summed E-state index contributed by atoms with van der Waals surface area (Å²) in [6.07, 6.45) is -3.78. The third-order valence-corrected chi connectivity index (χ3v) is 7.30. The number of nitrogens with zero attached hydrogens (tertiary/aromatic N) is 3. The van der Waals surface area contributed by atoms with Crippen LogP contribution in [0.3, 0.4) is 0 Å². The molecule has 0 spiro atoms. The normalized spacial score (nSPS) is 21.5. The highest BCUT2D eigenvalue weighted by molar-refractivity contribution is 8.16. The number of likely N-dealkylation sites (tertiary alicyclic amines) is 1. The van der Waals surface area contributed by atoms with Crippen LogP contribution < -0.4 is 0 Å². The average Bonchev–Trinajstić information content (AvgIpc) is 3.30. The molecule has 2 atom stereocenters. The Balaban J connectivity index is 1.66. The van der Waals surface area contributed by atoms with Crippen molar-refractivity contribution in [2.45, 2.75) is 45.3 Å². The molecule has 4 rings (SSSR count). The lowest BCUT2D eigenvalue weighted by atomic mass is 9.93. The lowest BCUT2D eigenvalue weighted by Gasteiger charge is -2.37. The van der Waals surface area contributed by atoms with Crippen LogP contribution in [0.4, 0.5) is 13.2 Å². The highest BCUT2D eigenvalue weighted by atomic mass is 32.2. The van der Waals surface area contributed by atoms with Crippen molar-refractivity contribution < 1.29 is 37.0 Å². The molecule has 0 aliphatic carbocycles. The summed E-state index contributed by atoms with van der Waals surface area (Å²) in [4.78, 5) is 45.4. The summed E-state index contributed by atoms with van der Waals surface area (Å²) in [7, 11) is 0. The number of alkyl halides is 3. The van der Waals surface area contributed by atoms with Crippen molar-refractivity contribution >= 4 is 34.8 Å². The number of carbonyl (C=O) groups excluding carboxylic acids is 3. The minimum atomic E-state index is -4.90. The number of fused-ring (bicyclic) bond motifs is 1. The van der Waals surface area contributed by atoms with Gasteiger partial charge in [-0.1, -0.05) is 42.1 Å². The number of piperidine rings is 1. The van der Waals surface area contributed by atoms with E-state index in [1.807, 2.05) is 0 Å². The first kappa shape index (κ1) is 27.7. The summed E-state index contributed by atoms with van der Waals surface area (Å²) in [5.41, 5.74) is -1.10. The molecule has 0 aromatic heterocycles. The molecule has 0 N–H and O–H groups in total. The van der Waals surface area contributed by atoms with Crippen LogP contribution in [0, 0.1) is 5.92 Å². The summed E-state index contributed by atoms with van der Waals surface area (Å²) >= 11 is 0.963. The zero-order chi connectivity index (χ0) is 27.4. The molecule has 0 unspecified atom stereocenters. The minimum absolute atomic E-state index is 0.0186. The van der Waals surface area contributed by atoms with Crippen LogP contribution in [0.2, 0.25) is 0 Å². The van der Waals surface area contributed by atoms with Gasteiger partial charge in [-0.05, 0) is 37.7 Å². The maximum absolute atomic E-state index is 14.1. The number of thioether (sulfide) groups is 1. The number of carbonyl (C=O) groups is 3. The monoisotopic (exact) mass is 551 g/mol. The van der Waals surface area contributed by atoms with E-state index in [1.54, 1.807) is 47.6 Å². The van der Waals surface area contributed by atoms with Crippen LogP contribution in [0.1, 0.15) is 44.7 Å². The zero-order valence-electron chi connectivity index (χ0n) is 21.0. The Morgan fingerprint density at radius 2 is 1.82 bits per heavy atom. The van der Waals surface area contributed by atoms with E-state index in [2.05, 4.69) is 4.99 Å². The number of amidine groups is 1. The number of rotatable bonds is 7. The maximum Gasteiger partial charge on any atom is 0.434 e. The van der Waals surface area contributed by atoms with E-state index in [4.69, 9.17) is 9.47 Å². The molecule has 12 heteroatoms. The molecule has 1 fully saturated rings. The first-order valence-electron chi connectivity index (χ1n) is 12.4. The van der Waals surface area contributed by atoms with Crippen LogP contribution in [-0.2, 0) is 23.9 Å². The van der Waals surface area contributed by atoms with Crippen molar-refractivity contribution in [2.24, 2.45) is 10.9 Å². The Bertz CT molecular complexity index is 1180. The molecule has 3 aliphatic heterocycles. The summed E-state index contributed by atoms with van der Waals surface area (Å²) in [6, 6.07) is 7.10. The van der Waals surface area contributed by atoms with Gasteiger partial charge >= 0.3 is 18.1 Å². The van der Waals surface area contributed by atoms with Crippen LogP contribution in [0.25, 0.3) is 0 Å². The number of allylic oxidation sites excluding steroid dienone is 1. The van der Waals surface area contributed by atoms with Crippen LogP contribution in [0.15, 0.2) is 57.7 Å². The van der Waals surface area contributed by atoms with Crippen molar-refractivity contribution in [3.63, 3.8) is 0 Å². The summed E-state index contributed by atoms with van der Waals surface area (Å²) in [5, 5.41) is 1.60. The van der Waals surface area contributed by atoms with Gasteiger partial charge in [0.2, 0.25) is 5.91 Å². The van der Waals surface area contributed by atoms with Crippen LogP contribution in [0.5, 0.6) is 0 Å². The zero-order valence-corrected chi connectivity index (χ0v) is 21.8. The summed E-state index contributed by atoms with van der Waals surface area (Å²) in [6.45, 7) is 4.05. The highest BCUT2D eigenvalue weighted by Gasteiger charge is 2.49. The molecule has 1 aromatic rings. The molecule has 1 saturated heterocycles. The largest absolute Gasteiger partial charge is 0.466 e. The Morgan fingerprint density at radius 1 is 1.11 bits per heavy atom. The average molecular weight is 552 g/mol. The van der Waals surface area contributed by atoms with Crippen molar-refractivity contribution in [1.29, 1.82) is 0 Å². The minimum Gasteiger partial charge on any atom is -0.466 e. The Labute approximate surface area is 222 Å². The number of hydrogen-bond donors (Lipinski definition) is 0.